The molecule has 0 bridgehead atoms. The number of rotatable bonds is 0. The average Bonchev–Trinajstić information content (AvgIpc) is 1.03. The van der Waals surface area contributed by atoms with Crippen molar-refractivity contribution in [3.05, 3.63) is 469 Å². The van der Waals surface area contributed by atoms with Gasteiger partial charge in [-0.05, 0) is 60.8 Å². The molecule has 0 aliphatic rings. The summed E-state index contributed by atoms with van der Waals surface area (Å²) in [6, 6.07) is 142. The van der Waals surface area contributed by atoms with Crippen LogP contribution in [0.3, 0.4) is 0 Å². The molecule has 850 valence electrons. The topological polar surface area (TPSA) is 27.7 Å². The molecule has 0 saturated carbocycles. The van der Waals surface area contributed by atoms with Crippen LogP contribution in [0.25, 0.3) is 0 Å². The minimum Gasteiger partial charge on any atom is -0.388 e. The molecule has 3 nitrogen and oxygen atoms in total. The molecule has 0 N–H and O–H groups in total. The highest BCUT2D eigenvalue weighted by molar-refractivity contribution is 5.17. The second-order valence-electron chi connectivity index (χ2n) is 23.2. The maximum absolute atomic E-state index is 4.25. The lowest BCUT2D eigenvalue weighted by molar-refractivity contribution is 0.277. The van der Waals surface area contributed by atoms with E-state index in [4.69, 9.17) is 0 Å². The van der Waals surface area contributed by atoms with Crippen LogP contribution in [0.1, 0.15) is 386 Å². The third-order valence-electron chi connectivity index (χ3n) is 10.9. The maximum atomic E-state index is 4.25. The molecular formula is C142H264O3. The fourth-order valence-electron chi connectivity index (χ4n) is 6.20. The Kier molecular flexibility index (Phi) is 407. The largest absolute Gasteiger partial charge is 0.388 e. The van der Waals surface area contributed by atoms with Gasteiger partial charge in [0.25, 0.3) is 0 Å². The molecule has 0 amide bonds. The minimum atomic E-state index is 0. The number of aryl methyl sites for hydroxylation is 8. The number of benzene rings is 13. The van der Waals surface area contributed by atoms with E-state index in [-0.39, 0.29) is 37.1 Å². The zero-order valence-electron chi connectivity index (χ0n) is 104. The Labute approximate surface area is 922 Å². The van der Waals surface area contributed by atoms with E-state index in [1.165, 1.54) is 44.5 Å². The van der Waals surface area contributed by atoms with E-state index >= 15 is 0 Å². The number of methoxy groups -OCH3 is 3. The van der Waals surface area contributed by atoms with E-state index in [0.717, 1.165) is 0 Å². The smallest absolute Gasteiger partial charge is 0.0351 e. The van der Waals surface area contributed by atoms with Crippen LogP contribution in [-0.4, -0.2) is 42.7 Å². The van der Waals surface area contributed by atoms with Gasteiger partial charge in [0.15, 0.2) is 0 Å². The van der Waals surface area contributed by atoms with Gasteiger partial charge in [0.2, 0.25) is 0 Å². The van der Waals surface area contributed by atoms with E-state index in [1.807, 2.05) is 605 Å². The first-order valence-electron chi connectivity index (χ1n) is 53.7. The number of hydrogen-bond donors (Lipinski definition) is 0. The molecule has 13 aromatic rings. The van der Waals surface area contributed by atoms with Gasteiger partial charge in [-0.25, -0.2) is 0 Å². The van der Waals surface area contributed by atoms with Crippen LogP contribution in [0.2, 0.25) is 0 Å². The van der Waals surface area contributed by atoms with Crippen molar-refractivity contribution < 1.29 is 14.2 Å². The SMILES string of the molecule is C.C.C.C.C.CC.CC.CC.CC.CC.CC.CC.CC.CC.CC.CC.CC.CC.CC.CC.CC.CC.CC.CC.CC.CC(C)(C)C.COC.COC.COC.Cc1ccccc1.Cc1ccccc1.Cc1ccccc1.Cc1ccccc1.Cc1ccccc1.Cc1ccccc1.Cc1ccccc1.Cc1ccccc1.c1ccccc1.c1ccccc1.c1ccccc1.c1ccccc1.c1ccccc1. The van der Waals surface area contributed by atoms with Crippen molar-refractivity contribution in [3.63, 3.8) is 0 Å². The van der Waals surface area contributed by atoms with Gasteiger partial charge in [0.1, 0.15) is 0 Å². The van der Waals surface area contributed by atoms with E-state index in [2.05, 4.69) is 194 Å². The Bertz CT molecular complexity index is 2630. The molecule has 0 unspecified atom stereocenters. The molecule has 0 saturated heterocycles. The second-order valence-corrected chi connectivity index (χ2v) is 23.2. The predicted octanol–water partition coefficient (Wildman–Crippen LogP) is 50.9. The van der Waals surface area contributed by atoms with E-state index in [0.29, 0.717) is 5.41 Å². The predicted molar refractivity (Wildman–Crippen MR) is 706 cm³/mol. The summed E-state index contributed by atoms with van der Waals surface area (Å²) < 4.78 is 12.8. The van der Waals surface area contributed by atoms with Crippen LogP contribution in [0.15, 0.2) is 425 Å². The highest BCUT2D eigenvalue weighted by atomic mass is 16.5. The third-order valence-corrected chi connectivity index (χ3v) is 10.9. The van der Waals surface area contributed by atoms with Crippen molar-refractivity contribution in [1.82, 2.24) is 0 Å². The summed E-state index contributed by atoms with van der Waals surface area (Å²) >= 11 is 0. The molecule has 3 heteroatoms. The summed E-state index contributed by atoms with van der Waals surface area (Å²) in [6.07, 6.45) is 0. The normalized spacial score (nSPS) is 6.63. The molecule has 13 aromatic carbocycles. The molecule has 0 atom stereocenters. The van der Waals surface area contributed by atoms with E-state index < -0.39 is 0 Å². The average molecular weight is 2020 g/mol. The van der Waals surface area contributed by atoms with E-state index in [9.17, 15) is 0 Å². The quantitative estimate of drug-likeness (QED) is 0.151. The monoisotopic (exact) mass is 2020 g/mol. The Morgan fingerprint density at radius 1 is 0.103 bits per heavy atom. The van der Waals surface area contributed by atoms with Crippen LogP contribution < -0.4 is 0 Å². The van der Waals surface area contributed by atoms with Gasteiger partial charge in [-0.1, -0.05) is 811 Å². The highest BCUT2D eigenvalue weighted by Gasteiger charge is 1.95. The molecule has 0 aliphatic heterocycles. The van der Waals surface area contributed by atoms with Crippen molar-refractivity contribution in [1.29, 1.82) is 0 Å². The molecule has 145 heavy (non-hydrogen) atoms. The lowest BCUT2D eigenvalue weighted by Gasteiger charge is -2.05. The van der Waals surface area contributed by atoms with Gasteiger partial charge in [0, 0.05) is 42.7 Å². The summed E-state index contributed by atoms with van der Waals surface area (Å²) in [5.74, 6) is 0. The van der Waals surface area contributed by atoms with Crippen molar-refractivity contribution in [2.24, 2.45) is 5.41 Å². The Hall–Kier alpha value is -10.3. The third kappa shape index (κ3) is 331. The molecule has 13 rings (SSSR count). The van der Waals surface area contributed by atoms with Crippen molar-refractivity contribution >= 4 is 0 Å². The number of ether oxygens (including phenoxy) is 3. The summed E-state index contributed by atoms with van der Waals surface area (Å²) in [6.45, 7) is 105. The fraction of sp³-hybridized carbons (Fsp3) is 0.451. The molecule has 0 fully saturated rings. The molecule has 0 aromatic heterocycles. The van der Waals surface area contributed by atoms with E-state index in [1.54, 1.807) is 42.7 Å². The Morgan fingerprint density at radius 3 is 0.152 bits per heavy atom. The molecule has 0 aliphatic carbocycles. The summed E-state index contributed by atoms with van der Waals surface area (Å²) in [7, 11) is 9.75. The van der Waals surface area contributed by atoms with Crippen LogP contribution in [0, 0.1) is 60.8 Å². The lowest BCUT2D eigenvalue weighted by Crippen LogP contribution is -1.93. The van der Waals surface area contributed by atoms with Crippen LogP contribution in [0.5, 0.6) is 0 Å². The minimum absolute atomic E-state index is 0. The summed E-state index contributed by atoms with van der Waals surface area (Å²) in [5, 5.41) is 0. The van der Waals surface area contributed by atoms with Gasteiger partial charge in [-0.3, -0.25) is 0 Å². The van der Waals surface area contributed by atoms with Crippen LogP contribution in [0.4, 0.5) is 0 Å². The molecule has 0 heterocycles. The molecule has 0 spiro atoms. The summed E-state index contributed by atoms with van der Waals surface area (Å²) in [5.41, 5.74) is 11.1. The second kappa shape index (κ2) is 274. The van der Waals surface area contributed by atoms with Crippen molar-refractivity contribution in [2.45, 2.75) is 397 Å². The fourth-order valence-corrected chi connectivity index (χ4v) is 6.20. The van der Waals surface area contributed by atoms with Gasteiger partial charge in [0.05, 0.1) is 0 Å². The zero-order chi connectivity index (χ0) is 115. The lowest BCUT2D eigenvalue weighted by atomic mass is 10.0. The van der Waals surface area contributed by atoms with Gasteiger partial charge in [-0.15, -0.1) is 0 Å². The summed E-state index contributed by atoms with van der Waals surface area (Å²) in [4.78, 5) is 0. The molecular weight excluding hydrogens is 1750 g/mol. The first kappa shape index (κ1) is 216. The zero-order valence-corrected chi connectivity index (χ0v) is 104. The first-order chi connectivity index (χ1) is 68.4. The van der Waals surface area contributed by atoms with Gasteiger partial charge in [-0.2, -0.15) is 0 Å². The first-order valence-corrected chi connectivity index (χ1v) is 53.7. The Balaban J connectivity index is -0.0000000358. The van der Waals surface area contributed by atoms with Crippen LogP contribution >= 0.6 is 0 Å². The Morgan fingerprint density at radius 2 is 0.131 bits per heavy atom. The van der Waals surface area contributed by atoms with Crippen LogP contribution in [-0.2, 0) is 14.2 Å². The van der Waals surface area contributed by atoms with Gasteiger partial charge < -0.3 is 14.2 Å². The van der Waals surface area contributed by atoms with Crippen molar-refractivity contribution in [2.75, 3.05) is 42.7 Å². The standard InChI is InChI=1S/8C7H8.5C6H6.C5H12.3C2H6O.20C2H6.5CH4/c8*1-7-5-3-2-4-6-7;5*1-2-4-6-5-3-1;1-5(2,3)4;3*1-3-2;20*1-2;;;;;/h8*2-6H,1H3;5*1-6H;1-4H3;3*1-2H3;20*1-2H3;5*1H4. The maximum Gasteiger partial charge on any atom is 0.0351 e. The molecule has 0 radical (unpaired) electrons. The van der Waals surface area contributed by atoms with Gasteiger partial charge >= 0.3 is 0 Å². The highest BCUT2D eigenvalue weighted by Crippen LogP contribution is 2.08. The number of hydrogen-bond acceptors (Lipinski definition) is 3. The van der Waals surface area contributed by atoms with Crippen molar-refractivity contribution in [3.8, 4) is 0 Å².